The van der Waals surface area contributed by atoms with Crippen molar-refractivity contribution in [1.82, 2.24) is 20.2 Å². The lowest BCUT2D eigenvalue weighted by Crippen LogP contribution is -2.00. The molecule has 1 N–H and O–H groups in total. The fraction of sp³-hybridized carbons (Fsp3) is 0.222. The van der Waals surface area contributed by atoms with Gasteiger partial charge < -0.3 is 0 Å². The Bertz CT molecular complexity index is 485. The zero-order valence-electron chi connectivity index (χ0n) is 7.77. The van der Waals surface area contributed by atoms with Crippen LogP contribution < -0.4 is 0 Å². The summed E-state index contributed by atoms with van der Waals surface area (Å²) < 4.78 is 2.15. The van der Waals surface area contributed by atoms with E-state index in [-0.39, 0.29) is 0 Å². The Morgan fingerprint density at radius 1 is 1.43 bits per heavy atom. The van der Waals surface area contributed by atoms with Gasteiger partial charge >= 0.3 is 0 Å². The number of aromatic amines is 1. The number of nitrogens with one attached hydrogen (secondary N) is 1. The molecule has 5 heteroatoms. The van der Waals surface area contributed by atoms with E-state index in [1.807, 2.05) is 18.2 Å². The molecule has 0 saturated heterocycles. The Labute approximate surface area is 86.6 Å². The zero-order chi connectivity index (χ0) is 9.97. The summed E-state index contributed by atoms with van der Waals surface area (Å²) in [5.41, 5.74) is 2.24. The monoisotopic (exact) mass is 206 g/mol. The second-order valence-corrected chi connectivity index (χ2v) is 3.27. The van der Waals surface area contributed by atoms with Gasteiger partial charge in [0.05, 0.1) is 5.69 Å². The van der Waals surface area contributed by atoms with Crippen molar-refractivity contribution >= 4 is 12.2 Å². The molecule has 0 spiro atoms. The van der Waals surface area contributed by atoms with Crippen LogP contribution in [0.5, 0.6) is 0 Å². The zero-order valence-corrected chi connectivity index (χ0v) is 8.58. The molecule has 0 aliphatic carbocycles. The van der Waals surface area contributed by atoms with Gasteiger partial charge in [0, 0.05) is 0 Å². The Balaban J connectivity index is 2.62. The first kappa shape index (κ1) is 9.08. The van der Waals surface area contributed by atoms with Crippen LogP contribution in [-0.4, -0.2) is 20.2 Å². The molecule has 0 fully saturated rings. The highest BCUT2D eigenvalue weighted by Crippen LogP contribution is 2.13. The van der Waals surface area contributed by atoms with Crippen molar-refractivity contribution in [1.29, 1.82) is 0 Å². The number of aryl methyl sites for hydroxylation is 1. The van der Waals surface area contributed by atoms with E-state index >= 15 is 0 Å². The molecule has 14 heavy (non-hydrogen) atoms. The van der Waals surface area contributed by atoms with Crippen LogP contribution in [0.15, 0.2) is 24.3 Å². The third kappa shape index (κ3) is 1.46. The minimum Gasteiger partial charge on any atom is -0.209 e. The quantitative estimate of drug-likeness (QED) is 0.763. The normalized spacial score (nSPS) is 10.4. The third-order valence-electron chi connectivity index (χ3n) is 2.08. The highest BCUT2D eigenvalue weighted by atomic mass is 32.1. The Hall–Kier alpha value is -1.49. The van der Waals surface area contributed by atoms with Gasteiger partial charge in [-0.3, -0.25) is 0 Å². The van der Waals surface area contributed by atoms with E-state index in [0.717, 1.165) is 12.1 Å². The SMILES string of the molecule is CCc1ccccc1-n1[nH]nnc1=S. The minimum absolute atomic E-state index is 0.450. The van der Waals surface area contributed by atoms with Crippen LogP contribution >= 0.6 is 12.2 Å². The van der Waals surface area contributed by atoms with E-state index in [2.05, 4.69) is 28.5 Å². The summed E-state index contributed by atoms with van der Waals surface area (Å²) in [6, 6.07) is 8.04. The van der Waals surface area contributed by atoms with Crippen LogP contribution in [0, 0.1) is 4.77 Å². The Kier molecular flexibility index (Phi) is 2.41. The number of benzene rings is 1. The van der Waals surface area contributed by atoms with Crippen molar-refractivity contribution in [3.63, 3.8) is 0 Å². The molecule has 0 aliphatic rings. The van der Waals surface area contributed by atoms with E-state index in [1.165, 1.54) is 5.56 Å². The van der Waals surface area contributed by atoms with E-state index in [9.17, 15) is 0 Å². The van der Waals surface area contributed by atoms with Gasteiger partial charge in [0.25, 0.3) is 0 Å². The standard InChI is InChI=1S/C9H10N4S/c1-2-7-5-3-4-6-8(7)13-9(14)10-11-12-13/h3-6H,2H2,1H3,(H,10,12,14). The van der Waals surface area contributed by atoms with Crippen molar-refractivity contribution < 1.29 is 0 Å². The van der Waals surface area contributed by atoms with E-state index < -0.39 is 0 Å². The summed E-state index contributed by atoms with van der Waals surface area (Å²) in [7, 11) is 0. The molecule has 1 heterocycles. The Morgan fingerprint density at radius 3 is 2.86 bits per heavy atom. The predicted octanol–water partition coefficient (Wildman–Crippen LogP) is 1.89. The number of H-pyrrole nitrogens is 1. The van der Waals surface area contributed by atoms with Crippen molar-refractivity contribution in [3.8, 4) is 5.69 Å². The average Bonchev–Trinajstić information content (AvgIpc) is 2.64. The lowest BCUT2D eigenvalue weighted by atomic mass is 10.1. The molecule has 0 bridgehead atoms. The third-order valence-corrected chi connectivity index (χ3v) is 2.35. The number of hydrogen-bond donors (Lipinski definition) is 1. The van der Waals surface area contributed by atoms with Gasteiger partial charge in [-0.1, -0.05) is 35.4 Å². The lowest BCUT2D eigenvalue weighted by Gasteiger charge is -2.05. The highest BCUT2D eigenvalue weighted by molar-refractivity contribution is 7.71. The fourth-order valence-corrected chi connectivity index (χ4v) is 1.56. The van der Waals surface area contributed by atoms with Crippen LogP contribution in [-0.2, 0) is 6.42 Å². The van der Waals surface area contributed by atoms with Crippen molar-refractivity contribution in [2.75, 3.05) is 0 Å². The number of para-hydroxylation sites is 1. The molecule has 0 saturated carbocycles. The van der Waals surface area contributed by atoms with Crippen molar-refractivity contribution in [2.24, 2.45) is 0 Å². The van der Waals surface area contributed by atoms with E-state index in [1.54, 1.807) is 4.68 Å². The van der Waals surface area contributed by atoms with Crippen LogP contribution in [0.3, 0.4) is 0 Å². The summed E-state index contributed by atoms with van der Waals surface area (Å²) in [4.78, 5) is 0. The van der Waals surface area contributed by atoms with Crippen molar-refractivity contribution in [2.45, 2.75) is 13.3 Å². The van der Waals surface area contributed by atoms with E-state index in [0.29, 0.717) is 4.77 Å². The van der Waals surface area contributed by atoms with Gasteiger partial charge in [-0.2, -0.15) is 5.21 Å². The first-order valence-electron chi connectivity index (χ1n) is 4.41. The summed E-state index contributed by atoms with van der Waals surface area (Å²) >= 11 is 5.03. The maximum Gasteiger partial charge on any atom is 0.242 e. The summed E-state index contributed by atoms with van der Waals surface area (Å²) in [5.74, 6) is 0. The van der Waals surface area contributed by atoms with Gasteiger partial charge in [-0.05, 0) is 30.3 Å². The first-order chi connectivity index (χ1) is 6.83. The molecule has 0 radical (unpaired) electrons. The van der Waals surface area contributed by atoms with Crippen LogP contribution in [0.1, 0.15) is 12.5 Å². The van der Waals surface area contributed by atoms with Crippen molar-refractivity contribution in [3.05, 3.63) is 34.6 Å². The molecule has 0 amide bonds. The lowest BCUT2D eigenvalue weighted by molar-refractivity contribution is 0.778. The fourth-order valence-electron chi connectivity index (χ4n) is 1.38. The molecule has 0 aliphatic heterocycles. The first-order valence-corrected chi connectivity index (χ1v) is 4.82. The maximum atomic E-state index is 5.03. The average molecular weight is 206 g/mol. The second-order valence-electron chi connectivity index (χ2n) is 2.90. The summed E-state index contributed by atoms with van der Waals surface area (Å²) in [6.07, 6.45) is 0.955. The smallest absolute Gasteiger partial charge is 0.209 e. The van der Waals surface area contributed by atoms with Crippen LogP contribution in [0.2, 0.25) is 0 Å². The number of rotatable bonds is 2. The number of aromatic nitrogens is 4. The molecule has 2 rings (SSSR count). The van der Waals surface area contributed by atoms with Crippen LogP contribution in [0.25, 0.3) is 5.69 Å². The van der Waals surface area contributed by atoms with Gasteiger partial charge in [0.15, 0.2) is 0 Å². The second kappa shape index (κ2) is 3.71. The molecule has 1 aromatic carbocycles. The molecular formula is C9H10N4S. The van der Waals surface area contributed by atoms with E-state index in [4.69, 9.17) is 12.2 Å². The van der Waals surface area contributed by atoms with Gasteiger partial charge in [-0.25, -0.2) is 4.68 Å². The molecule has 0 atom stereocenters. The Morgan fingerprint density at radius 2 is 2.21 bits per heavy atom. The largest absolute Gasteiger partial charge is 0.242 e. The maximum absolute atomic E-state index is 5.03. The molecule has 2 aromatic rings. The molecular weight excluding hydrogens is 196 g/mol. The molecule has 1 aromatic heterocycles. The highest BCUT2D eigenvalue weighted by Gasteiger charge is 2.03. The molecule has 4 nitrogen and oxygen atoms in total. The van der Waals surface area contributed by atoms with Gasteiger partial charge in [0.1, 0.15) is 0 Å². The molecule has 0 unspecified atom stereocenters. The molecule has 72 valence electrons. The van der Waals surface area contributed by atoms with Crippen LogP contribution in [0.4, 0.5) is 0 Å². The minimum atomic E-state index is 0.450. The number of tetrazole rings is 1. The number of nitrogens with zero attached hydrogens (tertiary/aromatic N) is 3. The summed E-state index contributed by atoms with van der Waals surface area (Å²) in [5, 5.41) is 10.1. The van der Waals surface area contributed by atoms with Gasteiger partial charge in [0.2, 0.25) is 4.77 Å². The predicted molar refractivity (Wildman–Crippen MR) is 55.9 cm³/mol. The topological polar surface area (TPSA) is 46.5 Å². The summed E-state index contributed by atoms with van der Waals surface area (Å²) in [6.45, 7) is 2.10. The van der Waals surface area contributed by atoms with Gasteiger partial charge in [-0.15, -0.1) is 0 Å². The number of hydrogen-bond acceptors (Lipinski definition) is 3.